The van der Waals surface area contributed by atoms with Gasteiger partial charge in [0.25, 0.3) is 5.89 Å². The zero-order valence-electron chi connectivity index (χ0n) is 14.4. The van der Waals surface area contributed by atoms with Gasteiger partial charge in [0.2, 0.25) is 5.82 Å². The number of rotatable bonds is 3. The average molecular weight is 368 g/mol. The van der Waals surface area contributed by atoms with Crippen LogP contribution in [0, 0.1) is 6.92 Å². The smallest absolute Gasteiger partial charge is 0.316 e. The topological polar surface area (TPSA) is 93.8 Å². The van der Waals surface area contributed by atoms with Crippen LogP contribution in [0.1, 0.15) is 24.8 Å². The summed E-state index contributed by atoms with van der Waals surface area (Å²) in [6.07, 6.45) is 0. The van der Waals surface area contributed by atoms with E-state index in [1.165, 1.54) is 4.57 Å². The highest BCUT2D eigenvalue weighted by molar-refractivity contribution is 7.15. The molecule has 0 fully saturated rings. The molecule has 7 nitrogen and oxygen atoms in total. The standard InChI is InChI=1S/C18H16N4O3S/c1-9(2)22-13-6-5-11(8-12(13)19-16(23)18(22)24)15-20-17(25-21-15)14-7-4-10(3)26-14/h4-9H,1-3H3,(H,19,23). The van der Waals surface area contributed by atoms with Crippen molar-refractivity contribution in [3.63, 3.8) is 0 Å². The molecule has 0 radical (unpaired) electrons. The minimum atomic E-state index is -0.647. The summed E-state index contributed by atoms with van der Waals surface area (Å²) < 4.78 is 6.84. The summed E-state index contributed by atoms with van der Waals surface area (Å²) >= 11 is 1.58. The molecule has 0 amide bonds. The van der Waals surface area contributed by atoms with Crippen LogP contribution in [0.15, 0.2) is 44.4 Å². The Morgan fingerprint density at radius 1 is 1.19 bits per heavy atom. The molecular formula is C18H16N4O3S. The number of aromatic nitrogens is 4. The lowest BCUT2D eigenvalue weighted by molar-refractivity contribution is 0.433. The number of hydrogen-bond acceptors (Lipinski definition) is 6. The number of hydrogen-bond donors (Lipinski definition) is 1. The van der Waals surface area contributed by atoms with Gasteiger partial charge in [0.05, 0.1) is 15.9 Å². The first-order chi connectivity index (χ1) is 12.4. The average Bonchev–Trinajstić information content (AvgIpc) is 3.24. The summed E-state index contributed by atoms with van der Waals surface area (Å²) in [5, 5.41) is 4.04. The number of aromatic amines is 1. The van der Waals surface area contributed by atoms with Crippen molar-refractivity contribution in [1.29, 1.82) is 0 Å². The van der Waals surface area contributed by atoms with E-state index in [2.05, 4.69) is 15.1 Å². The molecule has 0 unspecified atom stereocenters. The van der Waals surface area contributed by atoms with Crippen molar-refractivity contribution in [2.45, 2.75) is 26.8 Å². The molecule has 8 heteroatoms. The molecule has 26 heavy (non-hydrogen) atoms. The van der Waals surface area contributed by atoms with Gasteiger partial charge < -0.3 is 9.51 Å². The molecule has 132 valence electrons. The van der Waals surface area contributed by atoms with Crippen LogP contribution in [0.5, 0.6) is 0 Å². The molecule has 0 saturated heterocycles. The normalized spacial score (nSPS) is 11.5. The summed E-state index contributed by atoms with van der Waals surface area (Å²) in [5.41, 5.74) is 0.705. The summed E-state index contributed by atoms with van der Waals surface area (Å²) in [5.74, 6) is 0.884. The van der Waals surface area contributed by atoms with Gasteiger partial charge in [-0.3, -0.25) is 14.2 Å². The first-order valence-electron chi connectivity index (χ1n) is 8.13. The molecule has 0 aliphatic heterocycles. The molecule has 0 aliphatic rings. The first-order valence-corrected chi connectivity index (χ1v) is 8.95. The van der Waals surface area contributed by atoms with Crippen molar-refractivity contribution >= 4 is 22.4 Å². The van der Waals surface area contributed by atoms with Crippen molar-refractivity contribution < 1.29 is 4.52 Å². The lowest BCUT2D eigenvalue weighted by Gasteiger charge is -2.13. The van der Waals surface area contributed by atoms with E-state index in [1.54, 1.807) is 23.5 Å². The Kier molecular flexibility index (Phi) is 3.84. The maximum absolute atomic E-state index is 12.1. The predicted molar refractivity (Wildman–Crippen MR) is 101 cm³/mol. The van der Waals surface area contributed by atoms with E-state index in [-0.39, 0.29) is 6.04 Å². The Bertz CT molecular complexity index is 1230. The highest BCUT2D eigenvalue weighted by Crippen LogP contribution is 2.29. The van der Waals surface area contributed by atoms with E-state index in [0.717, 1.165) is 9.75 Å². The van der Waals surface area contributed by atoms with Crippen molar-refractivity contribution in [2.75, 3.05) is 0 Å². The van der Waals surface area contributed by atoms with E-state index in [0.29, 0.717) is 28.3 Å². The van der Waals surface area contributed by atoms with E-state index in [4.69, 9.17) is 4.52 Å². The Labute approximate surface area is 151 Å². The van der Waals surface area contributed by atoms with Crippen LogP contribution in [-0.4, -0.2) is 19.7 Å². The van der Waals surface area contributed by atoms with Gasteiger partial charge in [-0.05, 0) is 51.1 Å². The minimum Gasteiger partial charge on any atom is -0.333 e. The molecule has 0 atom stereocenters. The monoisotopic (exact) mass is 368 g/mol. The SMILES string of the molecule is Cc1ccc(-c2nc(-c3ccc4c(c3)[nH]c(=O)c(=O)n4C(C)C)no2)s1. The number of nitrogens with one attached hydrogen (secondary N) is 1. The van der Waals surface area contributed by atoms with Crippen molar-refractivity contribution in [3.05, 3.63) is 55.9 Å². The number of thiophene rings is 1. The molecule has 3 heterocycles. The molecule has 0 aliphatic carbocycles. The zero-order valence-corrected chi connectivity index (χ0v) is 15.3. The zero-order chi connectivity index (χ0) is 18.4. The third kappa shape index (κ3) is 2.68. The largest absolute Gasteiger partial charge is 0.333 e. The maximum Gasteiger partial charge on any atom is 0.316 e. The number of aryl methyl sites for hydroxylation is 1. The second kappa shape index (κ2) is 6.06. The van der Waals surface area contributed by atoms with Gasteiger partial charge in [-0.25, -0.2) is 0 Å². The van der Waals surface area contributed by atoms with Gasteiger partial charge in [-0.15, -0.1) is 11.3 Å². The second-order valence-electron chi connectivity index (χ2n) is 6.29. The predicted octanol–water partition coefficient (Wildman–Crippen LogP) is 3.36. The van der Waals surface area contributed by atoms with Crippen LogP contribution in [0.25, 0.3) is 33.2 Å². The third-order valence-electron chi connectivity index (χ3n) is 4.07. The molecule has 1 N–H and O–H groups in total. The van der Waals surface area contributed by atoms with Gasteiger partial charge >= 0.3 is 11.1 Å². The van der Waals surface area contributed by atoms with Crippen molar-refractivity contribution in [1.82, 2.24) is 19.7 Å². The van der Waals surface area contributed by atoms with E-state index >= 15 is 0 Å². The van der Waals surface area contributed by atoms with Gasteiger partial charge in [-0.2, -0.15) is 4.98 Å². The number of nitrogens with zero attached hydrogens (tertiary/aromatic N) is 3. The van der Waals surface area contributed by atoms with Gasteiger partial charge in [0.1, 0.15) is 0 Å². The van der Waals surface area contributed by atoms with Gasteiger partial charge in [0, 0.05) is 16.5 Å². The molecule has 3 aromatic heterocycles. The Morgan fingerprint density at radius 3 is 2.69 bits per heavy atom. The summed E-state index contributed by atoms with van der Waals surface area (Å²) in [7, 11) is 0. The third-order valence-corrected chi connectivity index (χ3v) is 5.06. The van der Waals surface area contributed by atoms with E-state index in [9.17, 15) is 9.59 Å². The Morgan fingerprint density at radius 2 is 2.00 bits per heavy atom. The molecule has 4 rings (SSSR count). The Balaban J connectivity index is 1.84. The first kappa shape index (κ1) is 16.5. The minimum absolute atomic E-state index is 0.128. The molecular weight excluding hydrogens is 352 g/mol. The molecule has 4 aromatic rings. The van der Waals surface area contributed by atoms with Crippen LogP contribution < -0.4 is 11.1 Å². The van der Waals surface area contributed by atoms with Gasteiger partial charge in [-0.1, -0.05) is 5.16 Å². The number of benzene rings is 1. The highest BCUT2D eigenvalue weighted by atomic mass is 32.1. The quantitative estimate of drug-likeness (QED) is 0.560. The number of fused-ring (bicyclic) bond motifs is 1. The van der Waals surface area contributed by atoms with Crippen molar-refractivity contribution in [3.8, 4) is 22.2 Å². The molecule has 1 aromatic carbocycles. The second-order valence-corrected chi connectivity index (χ2v) is 7.58. The van der Waals surface area contributed by atoms with Crippen LogP contribution >= 0.6 is 11.3 Å². The van der Waals surface area contributed by atoms with Crippen LogP contribution in [-0.2, 0) is 0 Å². The maximum atomic E-state index is 12.1. The van der Waals surface area contributed by atoms with Crippen LogP contribution in [0.4, 0.5) is 0 Å². The summed E-state index contributed by atoms with van der Waals surface area (Å²) in [6.45, 7) is 5.74. The lowest BCUT2D eigenvalue weighted by Crippen LogP contribution is -2.37. The van der Waals surface area contributed by atoms with E-state index < -0.39 is 11.1 Å². The summed E-state index contributed by atoms with van der Waals surface area (Å²) in [4.78, 5) is 33.2. The fourth-order valence-corrected chi connectivity index (χ4v) is 3.67. The molecule has 0 spiro atoms. The number of H-pyrrole nitrogens is 1. The fraction of sp³-hybridized carbons (Fsp3) is 0.222. The summed E-state index contributed by atoms with van der Waals surface area (Å²) in [6, 6.07) is 9.16. The van der Waals surface area contributed by atoms with Crippen LogP contribution in [0.3, 0.4) is 0 Å². The Hall–Kier alpha value is -3.00. The highest BCUT2D eigenvalue weighted by Gasteiger charge is 2.15. The van der Waals surface area contributed by atoms with Crippen molar-refractivity contribution in [2.24, 2.45) is 0 Å². The lowest BCUT2D eigenvalue weighted by atomic mass is 10.1. The van der Waals surface area contributed by atoms with Gasteiger partial charge in [0.15, 0.2) is 0 Å². The molecule has 0 bridgehead atoms. The van der Waals surface area contributed by atoms with E-state index in [1.807, 2.05) is 39.0 Å². The molecule has 0 saturated carbocycles. The van der Waals surface area contributed by atoms with Crippen LogP contribution in [0.2, 0.25) is 0 Å². The fourth-order valence-electron chi connectivity index (χ4n) is 2.88.